The number of benzene rings is 1. The van der Waals surface area contributed by atoms with E-state index in [1.54, 1.807) is 0 Å². The molecule has 0 spiro atoms. The van der Waals surface area contributed by atoms with Crippen molar-refractivity contribution < 1.29 is 31.8 Å². The van der Waals surface area contributed by atoms with Crippen LogP contribution in [0.2, 0.25) is 0 Å². The quantitative estimate of drug-likeness (QED) is 0.896. The third kappa shape index (κ3) is 2.72. The predicted octanol–water partition coefficient (Wildman–Crippen LogP) is 1.88. The van der Waals surface area contributed by atoms with Crippen molar-refractivity contribution in [2.45, 2.75) is 29.6 Å². The van der Waals surface area contributed by atoms with Crippen molar-refractivity contribution in [3.8, 4) is 5.75 Å². The van der Waals surface area contributed by atoms with Gasteiger partial charge >= 0.3 is 5.97 Å². The largest absolute Gasteiger partial charge is 0.493 e. The predicted molar refractivity (Wildman–Crippen MR) is 69.2 cm³/mol. The van der Waals surface area contributed by atoms with E-state index in [0.717, 1.165) is 13.2 Å². The van der Waals surface area contributed by atoms with Crippen molar-refractivity contribution in [1.82, 2.24) is 0 Å². The van der Waals surface area contributed by atoms with E-state index in [1.807, 2.05) is 0 Å². The summed E-state index contributed by atoms with van der Waals surface area (Å²) in [5.41, 5.74) is -0.829. The van der Waals surface area contributed by atoms with Crippen LogP contribution in [0, 0.1) is 11.6 Å². The molecule has 0 heterocycles. The molecule has 0 saturated heterocycles. The van der Waals surface area contributed by atoms with Crippen molar-refractivity contribution in [2.24, 2.45) is 0 Å². The Bertz CT molecular complexity index is 708. The second kappa shape index (κ2) is 4.94. The first-order chi connectivity index (χ1) is 9.62. The van der Waals surface area contributed by atoms with E-state index in [1.165, 1.54) is 0 Å². The molecule has 116 valence electrons. The second-order valence-corrected chi connectivity index (χ2v) is 7.16. The summed E-state index contributed by atoms with van der Waals surface area (Å²) in [7, 11) is -2.98. The molecule has 1 aromatic rings. The van der Waals surface area contributed by atoms with Crippen LogP contribution in [0.15, 0.2) is 11.0 Å². The number of methoxy groups -OCH3 is 1. The molecule has 1 aliphatic rings. The highest BCUT2D eigenvalue weighted by molar-refractivity contribution is 7.90. The lowest BCUT2D eigenvalue weighted by Crippen LogP contribution is -2.17. The molecule has 2 rings (SSSR count). The summed E-state index contributed by atoms with van der Waals surface area (Å²) in [5.74, 6) is -4.05. The molecule has 1 saturated carbocycles. The number of hydrogen-bond donors (Lipinski definition) is 1. The Morgan fingerprint density at radius 1 is 1.43 bits per heavy atom. The molecule has 0 aliphatic heterocycles. The SMILES string of the molecule is COc1c(C2(CC(=O)O)CC2)cc(F)c(S(C)(=O)=O)c1F. The van der Waals surface area contributed by atoms with Crippen LogP contribution >= 0.6 is 0 Å². The van der Waals surface area contributed by atoms with Gasteiger partial charge in [0.2, 0.25) is 0 Å². The monoisotopic (exact) mass is 320 g/mol. The molecule has 1 fully saturated rings. The highest BCUT2D eigenvalue weighted by Gasteiger charge is 2.49. The van der Waals surface area contributed by atoms with Crippen molar-refractivity contribution >= 4 is 15.8 Å². The fraction of sp³-hybridized carbons (Fsp3) is 0.462. The van der Waals surface area contributed by atoms with Crippen LogP contribution < -0.4 is 4.74 Å². The second-order valence-electron chi connectivity index (χ2n) is 5.21. The number of rotatable bonds is 5. The molecule has 1 N–H and O–H groups in total. The van der Waals surface area contributed by atoms with Gasteiger partial charge in [-0.1, -0.05) is 0 Å². The minimum absolute atomic E-state index is 0.0646. The van der Waals surface area contributed by atoms with Crippen LogP contribution in [-0.2, 0) is 20.0 Å². The Hall–Kier alpha value is -1.70. The molecule has 0 amide bonds. The summed E-state index contributed by atoms with van der Waals surface area (Å²) in [6.07, 6.45) is 1.30. The maximum atomic E-state index is 14.3. The lowest BCUT2D eigenvalue weighted by atomic mass is 9.91. The molecular weight excluding hydrogens is 306 g/mol. The average molecular weight is 320 g/mol. The number of ether oxygens (including phenoxy) is 1. The number of halogens is 2. The topological polar surface area (TPSA) is 80.7 Å². The van der Waals surface area contributed by atoms with Gasteiger partial charge in [-0.05, 0) is 18.9 Å². The van der Waals surface area contributed by atoms with Gasteiger partial charge in [0, 0.05) is 17.2 Å². The summed E-state index contributed by atoms with van der Waals surface area (Å²) < 4.78 is 56.1. The van der Waals surface area contributed by atoms with E-state index in [0.29, 0.717) is 19.1 Å². The summed E-state index contributed by atoms with van der Waals surface area (Å²) in [6.45, 7) is 0. The molecular formula is C13H14F2O5S. The molecule has 0 radical (unpaired) electrons. The number of carboxylic acids is 1. The van der Waals surface area contributed by atoms with Gasteiger partial charge in [0.25, 0.3) is 0 Å². The molecule has 5 nitrogen and oxygen atoms in total. The number of hydrogen-bond acceptors (Lipinski definition) is 4. The highest BCUT2D eigenvalue weighted by atomic mass is 32.2. The minimum atomic E-state index is -4.11. The molecule has 1 aromatic carbocycles. The fourth-order valence-corrected chi connectivity index (χ4v) is 3.33. The van der Waals surface area contributed by atoms with Gasteiger partial charge in [0.1, 0.15) is 10.7 Å². The molecule has 21 heavy (non-hydrogen) atoms. The number of aliphatic carboxylic acids is 1. The number of carboxylic acid groups (broad SMARTS) is 1. The van der Waals surface area contributed by atoms with E-state index < -0.39 is 43.5 Å². The smallest absolute Gasteiger partial charge is 0.304 e. The summed E-state index contributed by atoms with van der Waals surface area (Å²) in [6, 6.07) is 0.869. The fourth-order valence-electron chi connectivity index (χ4n) is 2.50. The zero-order valence-electron chi connectivity index (χ0n) is 11.4. The van der Waals surface area contributed by atoms with Crippen molar-refractivity contribution in [2.75, 3.05) is 13.4 Å². The summed E-state index contributed by atoms with van der Waals surface area (Å²) in [5, 5.41) is 8.91. The Morgan fingerprint density at radius 2 is 2.00 bits per heavy atom. The van der Waals surface area contributed by atoms with Crippen molar-refractivity contribution in [3.05, 3.63) is 23.3 Å². The average Bonchev–Trinajstić information content (AvgIpc) is 3.06. The van der Waals surface area contributed by atoms with Gasteiger partial charge in [0.15, 0.2) is 21.4 Å². The lowest BCUT2D eigenvalue weighted by Gasteiger charge is -2.19. The first-order valence-corrected chi connectivity index (χ1v) is 8.00. The lowest BCUT2D eigenvalue weighted by molar-refractivity contribution is -0.137. The van der Waals surface area contributed by atoms with Gasteiger partial charge in [-0.25, -0.2) is 17.2 Å². The van der Waals surface area contributed by atoms with Crippen LogP contribution in [0.25, 0.3) is 0 Å². The molecule has 0 atom stereocenters. The number of carbonyl (C=O) groups is 1. The maximum Gasteiger partial charge on any atom is 0.304 e. The third-order valence-corrected chi connectivity index (χ3v) is 4.74. The van der Waals surface area contributed by atoms with Crippen molar-refractivity contribution in [3.63, 3.8) is 0 Å². The first-order valence-electron chi connectivity index (χ1n) is 6.11. The van der Waals surface area contributed by atoms with E-state index in [-0.39, 0.29) is 12.0 Å². The van der Waals surface area contributed by atoms with E-state index in [4.69, 9.17) is 9.84 Å². The van der Waals surface area contributed by atoms with Crippen LogP contribution in [0.1, 0.15) is 24.8 Å². The number of sulfone groups is 1. The van der Waals surface area contributed by atoms with Crippen LogP contribution in [0.5, 0.6) is 5.75 Å². The van der Waals surface area contributed by atoms with Crippen LogP contribution in [0.3, 0.4) is 0 Å². The molecule has 8 heteroatoms. The van der Waals surface area contributed by atoms with Crippen molar-refractivity contribution in [1.29, 1.82) is 0 Å². The Labute approximate surface area is 120 Å². The maximum absolute atomic E-state index is 14.3. The van der Waals surface area contributed by atoms with Gasteiger partial charge < -0.3 is 9.84 Å². The van der Waals surface area contributed by atoms with Gasteiger partial charge in [-0.3, -0.25) is 4.79 Å². The molecule has 0 bridgehead atoms. The normalized spacial score (nSPS) is 16.6. The Kier molecular flexibility index (Phi) is 3.69. The van der Waals surface area contributed by atoms with Crippen LogP contribution in [-0.4, -0.2) is 32.9 Å². The van der Waals surface area contributed by atoms with Gasteiger partial charge in [-0.2, -0.15) is 0 Å². The molecule has 0 unspecified atom stereocenters. The first kappa shape index (κ1) is 15.7. The zero-order chi connectivity index (χ0) is 16.0. The Morgan fingerprint density at radius 3 is 2.38 bits per heavy atom. The van der Waals surface area contributed by atoms with E-state index >= 15 is 0 Å². The molecule has 0 aromatic heterocycles. The van der Waals surface area contributed by atoms with Crippen LogP contribution in [0.4, 0.5) is 8.78 Å². The molecule has 1 aliphatic carbocycles. The summed E-state index contributed by atoms with van der Waals surface area (Å²) >= 11 is 0. The third-order valence-electron chi connectivity index (χ3n) is 3.62. The van der Waals surface area contributed by atoms with E-state index in [2.05, 4.69) is 0 Å². The highest BCUT2D eigenvalue weighted by Crippen LogP contribution is 2.55. The summed E-state index contributed by atoms with van der Waals surface area (Å²) in [4.78, 5) is 9.84. The van der Waals surface area contributed by atoms with Gasteiger partial charge in [-0.15, -0.1) is 0 Å². The van der Waals surface area contributed by atoms with Gasteiger partial charge in [0.05, 0.1) is 13.5 Å². The van der Waals surface area contributed by atoms with E-state index in [9.17, 15) is 22.0 Å². The zero-order valence-corrected chi connectivity index (χ0v) is 12.3. The Balaban J connectivity index is 2.68. The minimum Gasteiger partial charge on any atom is -0.493 e. The standard InChI is InChI=1S/C13H14F2O5S/c1-20-11-7(13(3-4-13)6-9(16)17)5-8(14)12(10(11)15)21(2,18)19/h5H,3-4,6H2,1-2H3,(H,16,17).